The normalized spacial score (nSPS) is 14.1. The zero-order chi connectivity index (χ0) is 19.1. The number of carbonyl (C=O) groups excluding carboxylic acids is 2. The molecule has 1 aromatic carbocycles. The molecule has 2 N–H and O–H groups in total. The molecular formula is C20H25N3O3S. The van der Waals surface area contributed by atoms with Gasteiger partial charge in [0.15, 0.2) is 5.13 Å². The van der Waals surface area contributed by atoms with Gasteiger partial charge in [0.1, 0.15) is 5.75 Å². The van der Waals surface area contributed by atoms with Crippen molar-refractivity contribution in [3.8, 4) is 5.75 Å². The van der Waals surface area contributed by atoms with Crippen LogP contribution >= 0.6 is 11.3 Å². The summed E-state index contributed by atoms with van der Waals surface area (Å²) in [4.78, 5) is 28.9. The second-order valence-electron chi connectivity index (χ2n) is 6.75. The molecule has 6 nitrogen and oxygen atoms in total. The molecule has 144 valence electrons. The van der Waals surface area contributed by atoms with E-state index >= 15 is 0 Å². The predicted molar refractivity (Wildman–Crippen MR) is 107 cm³/mol. The summed E-state index contributed by atoms with van der Waals surface area (Å²) in [5, 5.41) is 8.04. The fourth-order valence-electron chi connectivity index (χ4n) is 3.26. The fraction of sp³-hybridized carbons (Fsp3) is 0.450. The van der Waals surface area contributed by atoms with Gasteiger partial charge in [-0.2, -0.15) is 0 Å². The Labute approximate surface area is 163 Å². The number of nitrogens with one attached hydrogen (secondary N) is 2. The summed E-state index contributed by atoms with van der Waals surface area (Å²) in [6, 6.07) is 5.14. The molecule has 0 spiro atoms. The Morgan fingerprint density at radius 1 is 1.26 bits per heavy atom. The van der Waals surface area contributed by atoms with E-state index in [0.29, 0.717) is 41.1 Å². The lowest BCUT2D eigenvalue weighted by Gasteiger charge is -2.14. The van der Waals surface area contributed by atoms with Crippen LogP contribution in [0, 0.1) is 5.92 Å². The summed E-state index contributed by atoms with van der Waals surface area (Å²) in [5.74, 6) is 0.692. The van der Waals surface area contributed by atoms with Gasteiger partial charge in [-0.05, 0) is 37.3 Å². The first-order valence-corrected chi connectivity index (χ1v) is 10.3. The molecule has 0 aliphatic heterocycles. The summed E-state index contributed by atoms with van der Waals surface area (Å²) in [7, 11) is 0. The number of hydrogen-bond acceptors (Lipinski definition) is 5. The highest BCUT2D eigenvalue weighted by atomic mass is 32.1. The molecule has 1 aliphatic rings. The maximum absolute atomic E-state index is 12.5. The van der Waals surface area contributed by atoms with E-state index in [1.165, 1.54) is 24.2 Å². The van der Waals surface area contributed by atoms with E-state index in [9.17, 15) is 9.59 Å². The van der Waals surface area contributed by atoms with Crippen molar-refractivity contribution >= 4 is 34.0 Å². The quantitative estimate of drug-likeness (QED) is 0.688. The van der Waals surface area contributed by atoms with Gasteiger partial charge in [-0.25, -0.2) is 4.98 Å². The van der Waals surface area contributed by atoms with Crippen molar-refractivity contribution in [1.82, 2.24) is 4.98 Å². The van der Waals surface area contributed by atoms with E-state index in [4.69, 9.17) is 4.74 Å². The third kappa shape index (κ3) is 5.53. The van der Waals surface area contributed by atoms with Gasteiger partial charge in [-0.3, -0.25) is 14.9 Å². The molecule has 7 heteroatoms. The highest BCUT2D eigenvalue weighted by Gasteiger charge is 2.19. The van der Waals surface area contributed by atoms with Crippen LogP contribution in [0.25, 0.3) is 0 Å². The molecule has 0 radical (unpaired) electrons. The van der Waals surface area contributed by atoms with Crippen molar-refractivity contribution in [2.24, 2.45) is 5.92 Å². The van der Waals surface area contributed by atoms with Crippen molar-refractivity contribution in [2.45, 2.75) is 45.4 Å². The smallest absolute Gasteiger partial charge is 0.261 e. The minimum absolute atomic E-state index is 0.0170. The maximum Gasteiger partial charge on any atom is 0.261 e. The molecule has 2 amide bonds. The van der Waals surface area contributed by atoms with Gasteiger partial charge in [0.2, 0.25) is 5.91 Å². The van der Waals surface area contributed by atoms with Crippen molar-refractivity contribution in [3.05, 3.63) is 35.3 Å². The average molecular weight is 388 g/mol. The monoisotopic (exact) mass is 387 g/mol. The molecule has 1 aromatic heterocycles. The van der Waals surface area contributed by atoms with Crippen LogP contribution < -0.4 is 15.4 Å². The lowest BCUT2D eigenvalue weighted by atomic mass is 10.0. The van der Waals surface area contributed by atoms with Crippen LogP contribution in [-0.2, 0) is 4.79 Å². The number of thiazole rings is 1. The molecule has 1 aliphatic carbocycles. The molecule has 1 heterocycles. The second kappa shape index (κ2) is 9.50. The van der Waals surface area contributed by atoms with Gasteiger partial charge in [0.05, 0.1) is 12.2 Å². The number of anilines is 2. The molecule has 2 aromatic rings. The zero-order valence-electron chi connectivity index (χ0n) is 15.5. The van der Waals surface area contributed by atoms with Crippen molar-refractivity contribution in [1.29, 1.82) is 0 Å². The van der Waals surface area contributed by atoms with E-state index in [-0.39, 0.29) is 11.8 Å². The SMILES string of the molecule is CCCOc1cc(NC(=O)CC2CCCC2)ccc1C(=O)Nc1nccs1. The number of hydrogen-bond donors (Lipinski definition) is 2. The summed E-state index contributed by atoms with van der Waals surface area (Å²) in [6.07, 6.45) is 7.72. The maximum atomic E-state index is 12.5. The van der Waals surface area contributed by atoms with Gasteiger partial charge in [0.25, 0.3) is 5.91 Å². The Kier molecular flexibility index (Phi) is 6.81. The van der Waals surface area contributed by atoms with Crippen molar-refractivity contribution < 1.29 is 14.3 Å². The Morgan fingerprint density at radius 3 is 2.78 bits per heavy atom. The third-order valence-electron chi connectivity index (χ3n) is 4.57. The van der Waals surface area contributed by atoms with Gasteiger partial charge in [-0.15, -0.1) is 11.3 Å². The van der Waals surface area contributed by atoms with Crippen LogP contribution in [0.4, 0.5) is 10.8 Å². The molecule has 0 atom stereocenters. The minimum atomic E-state index is -0.278. The lowest BCUT2D eigenvalue weighted by Crippen LogP contribution is -2.17. The average Bonchev–Trinajstić information content (AvgIpc) is 3.34. The van der Waals surface area contributed by atoms with E-state index < -0.39 is 0 Å². The Morgan fingerprint density at radius 2 is 2.07 bits per heavy atom. The standard InChI is InChI=1S/C20H25N3O3S/c1-2-10-26-17-13-15(22-18(24)12-14-5-3-4-6-14)7-8-16(17)19(25)23-20-21-9-11-27-20/h7-9,11,13-14H,2-6,10,12H2,1H3,(H,22,24)(H,21,23,25). The zero-order valence-corrected chi connectivity index (χ0v) is 16.3. The molecule has 1 fully saturated rings. The highest BCUT2D eigenvalue weighted by Crippen LogP contribution is 2.29. The first-order chi connectivity index (χ1) is 13.2. The van der Waals surface area contributed by atoms with Crippen LogP contribution in [0.1, 0.15) is 55.8 Å². The van der Waals surface area contributed by atoms with Crippen LogP contribution in [0.5, 0.6) is 5.75 Å². The number of benzene rings is 1. The van der Waals surface area contributed by atoms with Crippen molar-refractivity contribution in [2.75, 3.05) is 17.2 Å². The molecule has 0 saturated heterocycles. The summed E-state index contributed by atoms with van der Waals surface area (Å²) < 4.78 is 5.75. The minimum Gasteiger partial charge on any atom is -0.493 e. The van der Waals surface area contributed by atoms with Crippen LogP contribution in [-0.4, -0.2) is 23.4 Å². The molecule has 3 rings (SSSR count). The molecular weight excluding hydrogens is 362 g/mol. The van der Waals surface area contributed by atoms with Gasteiger partial charge in [-0.1, -0.05) is 19.8 Å². The Hall–Kier alpha value is -2.41. The number of aromatic nitrogens is 1. The summed E-state index contributed by atoms with van der Waals surface area (Å²) in [5.41, 5.74) is 1.07. The fourth-order valence-corrected chi connectivity index (χ4v) is 3.78. The second-order valence-corrected chi connectivity index (χ2v) is 7.65. The molecule has 0 bridgehead atoms. The molecule has 0 unspecified atom stereocenters. The topological polar surface area (TPSA) is 80.3 Å². The number of amides is 2. The Balaban J connectivity index is 1.70. The third-order valence-corrected chi connectivity index (χ3v) is 5.26. The van der Waals surface area contributed by atoms with Crippen molar-refractivity contribution in [3.63, 3.8) is 0 Å². The lowest BCUT2D eigenvalue weighted by molar-refractivity contribution is -0.117. The summed E-state index contributed by atoms with van der Waals surface area (Å²) in [6.45, 7) is 2.50. The number of carbonyl (C=O) groups is 2. The van der Waals surface area contributed by atoms with E-state index in [1.807, 2.05) is 6.92 Å². The number of rotatable bonds is 8. The molecule has 1 saturated carbocycles. The number of ether oxygens (including phenoxy) is 1. The van der Waals surface area contributed by atoms with E-state index in [0.717, 1.165) is 19.3 Å². The van der Waals surface area contributed by atoms with E-state index in [2.05, 4.69) is 15.6 Å². The first kappa shape index (κ1) is 19.4. The largest absolute Gasteiger partial charge is 0.493 e. The molecule has 27 heavy (non-hydrogen) atoms. The highest BCUT2D eigenvalue weighted by molar-refractivity contribution is 7.13. The summed E-state index contributed by atoms with van der Waals surface area (Å²) >= 11 is 1.36. The Bertz CT molecular complexity index is 771. The number of nitrogens with zero attached hydrogens (tertiary/aromatic N) is 1. The van der Waals surface area contributed by atoms with Crippen LogP contribution in [0.2, 0.25) is 0 Å². The first-order valence-electron chi connectivity index (χ1n) is 9.43. The van der Waals surface area contributed by atoms with Gasteiger partial charge in [0, 0.05) is 29.8 Å². The van der Waals surface area contributed by atoms with Crippen LogP contribution in [0.3, 0.4) is 0 Å². The predicted octanol–water partition coefficient (Wildman–Crippen LogP) is 4.70. The van der Waals surface area contributed by atoms with E-state index in [1.54, 1.807) is 29.8 Å². The van der Waals surface area contributed by atoms with Gasteiger partial charge >= 0.3 is 0 Å². The van der Waals surface area contributed by atoms with Crippen LogP contribution in [0.15, 0.2) is 29.8 Å². The van der Waals surface area contributed by atoms with Gasteiger partial charge < -0.3 is 10.1 Å².